The highest BCUT2D eigenvalue weighted by molar-refractivity contribution is 5.95. The van der Waals surface area contributed by atoms with Gasteiger partial charge in [0.1, 0.15) is 6.54 Å². The zero-order chi connectivity index (χ0) is 16.8. The van der Waals surface area contributed by atoms with E-state index in [2.05, 4.69) is 16.0 Å². The summed E-state index contributed by atoms with van der Waals surface area (Å²) in [6, 6.07) is 8.89. The van der Waals surface area contributed by atoms with Gasteiger partial charge >= 0.3 is 0 Å². The van der Waals surface area contributed by atoms with Crippen LogP contribution in [0.3, 0.4) is 0 Å². The molecule has 0 saturated heterocycles. The first-order chi connectivity index (χ1) is 11.0. The van der Waals surface area contributed by atoms with Gasteiger partial charge in [0.05, 0.1) is 12.3 Å². The summed E-state index contributed by atoms with van der Waals surface area (Å²) >= 11 is 0. The molecule has 1 heterocycles. The van der Waals surface area contributed by atoms with E-state index in [0.717, 1.165) is 17.0 Å². The van der Waals surface area contributed by atoms with Gasteiger partial charge in [-0.25, -0.2) is 0 Å². The molecule has 2 amide bonds. The van der Waals surface area contributed by atoms with Crippen molar-refractivity contribution in [1.82, 2.24) is 20.6 Å². The van der Waals surface area contributed by atoms with Crippen LogP contribution in [-0.2, 0) is 22.7 Å². The van der Waals surface area contributed by atoms with E-state index in [1.165, 1.54) is 0 Å². The second-order valence-electron chi connectivity index (χ2n) is 5.22. The fraction of sp³-hybridized carbons (Fsp3) is 0.312. The summed E-state index contributed by atoms with van der Waals surface area (Å²) in [6.45, 7) is 4.19. The number of carbonyl (C=O) groups excluding carboxylic acids is 2. The molecule has 0 saturated carbocycles. The number of methoxy groups -OCH3 is 1. The number of hydrogen-bond acceptors (Lipinski definition) is 4. The van der Waals surface area contributed by atoms with Gasteiger partial charge in [0.15, 0.2) is 0 Å². The van der Waals surface area contributed by atoms with E-state index in [9.17, 15) is 9.59 Å². The summed E-state index contributed by atoms with van der Waals surface area (Å²) in [5, 5.41) is 4.20. The lowest BCUT2D eigenvalue weighted by atomic mass is 10.1. The molecule has 0 aliphatic carbocycles. The molecule has 0 bridgehead atoms. The highest BCUT2D eigenvalue weighted by atomic mass is 16.5. The zero-order valence-electron chi connectivity index (χ0n) is 13.4. The highest BCUT2D eigenvalue weighted by Crippen LogP contribution is 2.06. The van der Waals surface area contributed by atoms with Crippen molar-refractivity contribution in [3.8, 4) is 0 Å². The number of aryl methyl sites for hydroxylation is 2. The Kier molecular flexibility index (Phi) is 5.48. The smallest absolute Gasteiger partial charge is 0.269 e. The van der Waals surface area contributed by atoms with E-state index in [4.69, 9.17) is 4.74 Å². The first-order valence-electron chi connectivity index (χ1n) is 7.17. The van der Waals surface area contributed by atoms with Crippen LogP contribution in [0.25, 0.3) is 0 Å². The molecular weight excluding hydrogens is 296 g/mol. The largest absolute Gasteiger partial charge is 0.380 e. The Bertz CT molecular complexity index is 709. The fourth-order valence-electron chi connectivity index (χ4n) is 2.18. The van der Waals surface area contributed by atoms with Crippen LogP contribution in [0.5, 0.6) is 0 Å². The molecule has 0 unspecified atom stereocenters. The number of rotatable bonds is 5. The molecule has 122 valence electrons. The molecule has 0 aliphatic heterocycles. The SMILES string of the molecule is COCc1cccc(C(=O)NNC(=O)Cn2nc(C)cc2C)c1. The van der Waals surface area contributed by atoms with Gasteiger partial charge in [0.2, 0.25) is 0 Å². The summed E-state index contributed by atoms with van der Waals surface area (Å²) in [5.41, 5.74) is 7.84. The maximum absolute atomic E-state index is 12.0. The van der Waals surface area contributed by atoms with Gasteiger partial charge in [-0.05, 0) is 37.6 Å². The number of nitrogens with one attached hydrogen (secondary N) is 2. The van der Waals surface area contributed by atoms with Gasteiger partial charge < -0.3 is 4.74 Å². The number of benzene rings is 1. The molecule has 0 radical (unpaired) electrons. The van der Waals surface area contributed by atoms with Crippen molar-refractivity contribution >= 4 is 11.8 Å². The first-order valence-corrected chi connectivity index (χ1v) is 7.17. The lowest BCUT2D eigenvalue weighted by Crippen LogP contribution is -2.43. The van der Waals surface area contributed by atoms with Crippen LogP contribution >= 0.6 is 0 Å². The minimum absolute atomic E-state index is 0.0453. The molecule has 7 nitrogen and oxygen atoms in total. The van der Waals surface area contributed by atoms with E-state index in [-0.39, 0.29) is 18.4 Å². The summed E-state index contributed by atoms with van der Waals surface area (Å²) in [6.07, 6.45) is 0. The molecule has 0 aliphatic rings. The monoisotopic (exact) mass is 316 g/mol. The lowest BCUT2D eigenvalue weighted by molar-refractivity contribution is -0.122. The fourth-order valence-corrected chi connectivity index (χ4v) is 2.18. The standard InChI is InChI=1S/C16H20N4O3/c1-11-7-12(2)20(19-11)9-15(21)17-18-16(22)14-6-4-5-13(8-14)10-23-3/h4-8H,9-10H2,1-3H3,(H,17,21)(H,18,22). The Hall–Kier alpha value is -2.67. The van der Waals surface area contributed by atoms with Gasteiger partial charge in [-0.2, -0.15) is 5.10 Å². The average Bonchev–Trinajstić information content (AvgIpc) is 2.83. The van der Waals surface area contributed by atoms with Crippen molar-refractivity contribution in [1.29, 1.82) is 0 Å². The molecular formula is C16H20N4O3. The number of nitrogens with zero attached hydrogens (tertiary/aromatic N) is 2. The topological polar surface area (TPSA) is 85.3 Å². The van der Waals surface area contributed by atoms with E-state index >= 15 is 0 Å². The van der Waals surface area contributed by atoms with Crippen molar-refractivity contribution in [2.45, 2.75) is 27.0 Å². The summed E-state index contributed by atoms with van der Waals surface area (Å²) < 4.78 is 6.61. The number of amides is 2. The van der Waals surface area contributed by atoms with Crippen LogP contribution < -0.4 is 10.9 Å². The van der Waals surface area contributed by atoms with Gasteiger partial charge in [0.25, 0.3) is 11.8 Å². The number of hydrogen-bond donors (Lipinski definition) is 2. The summed E-state index contributed by atoms with van der Waals surface area (Å²) in [7, 11) is 1.59. The third-order valence-corrected chi connectivity index (χ3v) is 3.21. The lowest BCUT2D eigenvalue weighted by Gasteiger charge is -2.09. The van der Waals surface area contributed by atoms with Crippen LogP contribution in [0.15, 0.2) is 30.3 Å². The minimum atomic E-state index is -0.385. The molecule has 2 N–H and O–H groups in total. The second-order valence-corrected chi connectivity index (χ2v) is 5.22. The van der Waals surface area contributed by atoms with Crippen molar-refractivity contribution in [3.63, 3.8) is 0 Å². The quantitative estimate of drug-likeness (QED) is 0.809. The predicted octanol–water partition coefficient (Wildman–Crippen LogP) is 1.11. The number of carbonyl (C=O) groups is 2. The van der Waals surface area contributed by atoms with Crippen molar-refractivity contribution in [2.75, 3.05) is 7.11 Å². The molecule has 1 aromatic carbocycles. The molecule has 23 heavy (non-hydrogen) atoms. The Morgan fingerprint density at radius 2 is 2.00 bits per heavy atom. The molecule has 7 heteroatoms. The molecule has 1 aromatic heterocycles. The Morgan fingerprint density at radius 1 is 1.22 bits per heavy atom. The van der Waals surface area contributed by atoms with E-state index in [0.29, 0.717) is 12.2 Å². The number of hydrazine groups is 1. The number of ether oxygens (including phenoxy) is 1. The predicted molar refractivity (Wildman–Crippen MR) is 84.5 cm³/mol. The Balaban J connectivity index is 1.89. The molecule has 2 aromatic rings. The summed E-state index contributed by atoms with van der Waals surface area (Å²) in [5.74, 6) is -0.734. The number of aromatic nitrogens is 2. The van der Waals surface area contributed by atoms with Crippen molar-refractivity contribution < 1.29 is 14.3 Å². The van der Waals surface area contributed by atoms with Gasteiger partial charge in [-0.15, -0.1) is 0 Å². The second kappa shape index (κ2) is 7.55. The van der Waals surface area contributed by atoms with Crippen LogP contribution in [0, 0.1) is 13.8 Å². The molecule has 0 spiro atoms. The molecule has 0 fully saturated rings. The Labute approximate surface area is 134 Å². The normalized spacial score (nSPS) is 10.4. The van der Waals surface area contributed by atoms with Crippen LogP contribution in [0.2, 0.25) is 0 Å². The Morgan fingerprint density at radius 3 is 2.65 bits per heavy atom. The van der Waals surface area contributed by atoms with Crippen LogP contribution in [0.1, 0.15) is 27.3 Å². The van der Waals surface area contributed by atoms with Gasteiger partial charge in [-0.1, -0.05) is 12.1 Å². The third-order valence-electron chi connectivity index (χ3n) is 3.21. The average molecular weight is 316 g/mol. The highest BCUT2D eigenvalue weighted by Gasteiger charge is 2.10. The van der Waals surface area contributed by atoms with Crippen molar-refractivity contribution in [3.05, 3.63) is 52.8 Å². The van der Waals surface area contributed by atoms with Crippen LogP contribution in [-0.4, -0.2) is 28.7 Å². The maximum Gasteiger partial charge on any atom is 0.269 e. The zero-order valence-corrected chi connectivity index (χ0v) is 13.4. The van der Waals surface area contributed by atoms with E-state index in [1.807, 2.05) is 26.0 Å². The third kappa shape index (κ3) is 4.65. The molecule has 0 atom stereocenters. The summed E-state index contributed by atoms with van der Waals surface area (Å²) in [4.78, 5) is 23.9. The minimum Gasteiger partial charge on any atom is -0.380 e. The van der Waals surface area contributed by atoms with Crippen LogP contribution in [0.4, 0.5) is 0 Å². The van der Waals surface area contributed by atoms with E-state index in [1.54, 1.807) is 30.0 Å². The molecule has 2 rings (SSSR count). The maximum atomic E-state index is 12.0. The van der Waals surface area contributed by atoms with Gasteiger partial charge in [0, 0.05) is 18.4 Å². The van der Waals surface area contributed by atoms with Crippen molar-refractivity contribution in [2.24, 2.45) is 0 Å². The van der Waals surface area contributed by atoms with E-state index < -0.39 is 0 Å². The van der Waals surface area contributed by atoms with Gasteiger partial charge in [-0.3, -0.25) is 25.1 Å². The first kappa shape index (κ1) is 16.7.